The second-order valence-corrected chi connectivity index (χ2v) is 4.16. The van der Waals surface area contributed by atoms with Crippen LogP contribution in [0, 0.1) is 11.3 Å². The molecule has 0 bridgehead atoms. The Kier molecular flexibility index (Phi) is 4.64. The van der Waals surface area contributed by atoms with Crippen molar-refractivity contribution in [2.24, 2.45) is 0 Å². The lowest BCUT2D eigenvalue weighted by atomic mass is 10.0. The Bertz CT molecular complexity index is 676. The lowest BCUT2D eigenvalue weighted by molar-refractivity contribution is 0.103. The second kappa shape index (κ2) is 6.86. The summed E-state index contributed by atoms with van der Waals surface area (Å²) < 4.78 is 0. The minimum Gasteiger partial charge on any atom is -0.288 e. The fraction of sp³-hybridized carbons (Fsp3) is 0. The molecule has 0 N–H and O–H groups in total. The minimum absolute atomic E-state index is 0.128. The highest BCUT2D eigenvalue weighted by Crippen LogP contribution is 2.08. The SMILES string of the molecule is N#C/C(=C\C=C\c1ccccc1)C(=O)c1ccccc1. The highest BCUT2D eigenvalue weighted by Gasteiger charge is 2.09. The summed E-state index contributed by atoms with van der Waals surface area (Å²) in [5, 5.41) is 9.08. The van der Waals surface area contributed by atoms with Crippen LogP contribution in [0.3, 0.4) is 0 Å². The summed E-state index contributed by atoms with van der Waals surface area (Å²) in [5.74, 6) is -0.259. The van der Waals surface area contributed by atoms with Crippen molar-refractivity contribution in [2.45, 2.75) is 0 Å². The van der Waals surface area contributed by atoms with Gasteiger partial charge >= 0.3 is 0 Å². The molecular weight excluding hydrogens is 246 g/mol. The van der Waals surface area contributed by atoms with Crippen molar-refractivity contribution in [3.8, 4) is 6.07 Å². The van der Waals surface area contributed by atoms with Crippen LogP contribution >= 0.6 is 0 Å². The highest BCUT2D eigenvalue weighted by atomic mass is 16.1. The maximum Gasteiger partial charge on any atom is 0.203 e. The highest BCUT2D eigenvalue weighted by molar-refractivity contribution is 6.11. The summed E-state index contributed by atoms with van der Waals surface area (Å²) in [4.78, 5) is 12.1. The first-order valence-electron chi connectivity index (χ1n) is 6.24. The molecule has 0 amide bonds. The molecule has 2 heteroatoms. The Hall–Kier alpha value is -2.92. The van der Waals surface area contributed by atoms with Crippen LogP contribution in [-0.2, 0) is 0 Å². The molecule has 0 saturated heterocycles. The standard InChI is InChI=1S/C18H13NO/c19-14-17(18(20)16-11-5-2-6-12-16)13-7-10-15-8-3-1-4-9-15/h1-13H/b10-7+,17-13+. The molecule has 2 aromatic rings. The van der Waals surface area contributed by atoms with E-state index in [4.69, 9.17) is 5.26 Å². The largest absolute Gasteiger partial charge is 0.288 e. The van der Waals surface area contributed by atoms with Gasteiger partial charge in [-0.05, 0) is 11.6 Å². The van der Waals surface area contributed by atoms with Gasteiger partial charge in [0, 0.05) is 5.56 Å². The molecule has 0 fully saturated rings. The maximum atomic E-state index is 12.1. The number of carbonyl (C=O) groups is 1. The molecule has 2 aromatic carbocycles. The van der Waals surface area contributed by atoms with Crippen LogP contribution in [0.1, 0.15) is 15.9 Å². The lowest BCUT2D eigenvalue weighted by Crippen LogP contribution is -2.00. The fourth-order valence-electron chi connectivity index (χ4n) is 1.73. The van der Waals surface area contributed by atoms with E-state index >= 15 is 0 Å². The van der Waals surface area contributed by atoms with Crippen molar-refractivity contribution in [1.82, 2.24) is 0 Å². The number of nitrogens with zero attached hydrogens (tertiary/aromatic N) is 1. The molecule has 0 radical (unpaired) electrons. The average Bonchev–Trinajstić information content (AvgIpc) is 2.53. The molecule has 96 valence electrons. The van der Waals surface area contributed by atoms with Crippen molar-refractivity contribution in [3.63, 3.8) is 0 Å². The van der Waals surface area contributed by atoms with E-state index in [0.717, 1.165) is 5.56 Å². The van der Waals surface area contributed by atoms with Gasteiger partial charge in [0.25, 0.3) is 0 Å². The number of rotatable bonds is 4. The summed E-state index contributed by atoms with van der Waals surface area (Å²) in [6.07, 6.45) is 5.12. The first-order chi connectivity index (χ1) is 9.81. The topological polar surface area (TPSA) is 40.9 Å². The van der Waals surface area contributed by atoms with Gasteiger partial charge in [-0.3, -0.25) is 4.79 Å². The molecule has 0 aliphatic carbocycles. The molecule has 2 nitrogen and oxygen atoms in total. The smallest absolute Gasteiger partial charge is 0.203 e. The van der Waals surface area contributed by atoms with E-state index in [-0.39, 0.29) is 11.4 Å². The summed E-state index contributed by atoms with van der Waals surface area (Å²) >= 11 is 0. The summed E-state index contributed by atoms with van der Waals surface area (Å²) in [5.41, 5.74) is 1.67. The third-order valence-corrected chi connectivity index (χ3v) is 2.75. The van der Waals surface area contributed by atoms with Gasteiger partial charge in [0.05, 0.1) is 5.57 Å². The van der Waals surface area contributed by atoms with E-state index in [1.54, 1.807) is 36.4 Å². The van der Waals surface area contributed by atoms with Gasteiger partial charge in [-0.1, -0.05) is 72.8 Å². The van der Waals surface area contributed by atoms with Crippen LogP contribution in [0.5, 0.6) is 0 Å². The number of Topliss-reactive ketones (excluding diaryl/α,β-unsaturated/α-hetero) is 1. The van der Waals surface area contributed by atoms with Crippen LogP contribution in [0.2, 0.25) is 0 Å². The van der Waals surface area contributed by atoms with Crippen LogP contribution in [0.4, 0.5) is 0 Å². The number of hydrogen-bond donors (Lipinski definition) is 0. The number of carbonyl (C=O) groups excluding carboxylic acids is 1. The Morgan fingerprint density at radius 1 is 0.950 bits per heavy atom. The zero-order chi connectivity index (χ0) is 14.2. The van der Waals surface area contributed by atoms with Crippen LogP contribution in [-0.4, -0.2) is 5.78 Å². The van der Waals surface area contributed by atoms with Crippen LogP contribution in [0.25, 0.3) is 6.08 Å². The molecule has 0 aliphatic heterocycles. The number of ketones is 1. The number of benzene rings is 2. The Labute approximate surface area is 118 Å². The Morgan fingerprint density at radius 3 is 2.15 bits per heavy atom. The number of nitriles is 1. The molecule has 0 atom stereocenters. The van der Waals surface area contributed by atoms with Crippen LogP contribution < -0.4 is 0 Å². The zero-order valence-electron chi connectivity index (χ0n) is 10.9. The first kappa shape index (κ1) is 13.5. The van der Waals surface area contributed by atoms with E-state index in [9.17, 15) is 4.79 Å². The molecule has 0 unspecified atom stereocenters. The molecule has 0 aliphatic rings. The van der Waals surface area contributed by atoms with E-state index in [2.05, 4.69) is 0 Å². The maximum absolute atomic E-state index is 12.1. The predicted molar refractivity (Wildman–Crippen MR) is 79.9 cm³/mol. The van der Waals surface area contributed by atoms with Gasteiger partial charge in [-0.15, -0.1) is 0 Å². The van der Waals surface area contributed by atoms with Gasteiger partial charge in [-0.25, -0.2) is 0 Å². The van der Waals surface area contributed by atoms with E-state index in [1.165, 1.54) is 0 Å². The second-order valence-electron chi connectivity index (χ2n) is 4.16. The molecular formula is C18H13NO. The summed E-state index contributed by atoms with van der Waals surface area (Å²) in [6, 6.07) is 20.5. The van der Waals surface area contributed by atoms with Gasteiger partial charge < -0.3 is 0 Å². The molecule has 20 heavy (non-hydrogen) atoms. The molecule has 0 spiro atoms. The number of allylic oxidation sites excluding steroid dienone is 3. The van der Waals surface area contributed by atoms with E-state index in [0.29, 0.717) is 5.56 Å². The minimum atomic E-state index is -0.259. The van der Waals surface area contributed by atoms with Crippen molar-refractivity contribution in [3.05, 3.63) is 89.5 Å². The summed E-state index contributed by atoms with van der Waals surface area (Å²) in [7, 11) is 0. The Morgan fingerprint density at radius 2 is 1.55 bits per heavy atom. The lowest BCUT2D eigenvalue weighted by Gasteiger charge is -1.97. The van der Waals surface area contributed by atoms with Crippen molar-refractivity contribution in [2.75, 3.05) is 0 Å². The quantitative estimate of drug-likeness (QED) is 0.360. The fourth-order valence-corrected chi connectivity index (χ4v) is 1.73. The first-order valence-corrected chi connectivity index (χ1v) is 6.24. The van der Waals surface area contributed by atoms with Crippen LogP contribution in [0.15, 0.2) is 78.4 Å². The van der Waals surface area contributed by atoms with Gasteiger partial charge in [-0.2, -0.15) is 5.26 Å². The van der Waals surface area contributed by atoms with Crippen molar-refractivity contribution >= 4 is 11.9 Å². The molecule has 0 heterocycles. The van der Waals surface area contributed by atoms with Crippen molar-refractivity contribution < 1.29 is 4.79 Å². The molecule has 0 saturated carbocycles. The van der Waals surface area contributed by atoms with Crippen molar-refractivity contribution in [1.29, 1.82) is 5.26 Å². The summed E-state index contributed by atoms with van der Waals surface area (Å²) in [6.45, 7) is 0. The average molecular weight is 259 g/mol. The zero-order valence-corrected chi connectivity index (χ0v) is 10.9. The predicted octanol–water partition coefficient (Wildman–Crippen LogP) is 4.03. The third-order valence-electron chi connectivity index (χ3n) is 2.75. The Balaban J connectivity index is 2.17. The van der Waals surface area contributed by atoms with E-state index in [1.807, 2.05) is 48.5 Å². The molecule has 0 aromatic heterocycles. The normalized spacial score (nSPS) is 11.2. The van der Waals surface area contributed by atoms with Gasteiger partial charge in [0.2, 0.25) is 5.78 Å². The van der Waals surface area contributed by atoms with Gasteiger partial charge in [0.15, 0.2) is 0 Å². The molecule has 2 rings (SSSR count). The number of hydrogen-bond acceptors (Lipinski definition) is 2. The third kappa shape index (κ3) is 3.54. The van der Waals surface area contributed by atoms with Gasteiger partial charge in [0.1, 0.15) is 6.07 Å². The van der Waals surface area contributed by atoms with E-state index < -0.39 is 0 Å². The monoisotopic (exact) mass is 259 g/mol.